The first kappa shape index (κ1) is 17.4. The van der Waals surface area contributed by atoms with E-state index in [0.717, 1.165) is 32.9 Å². The third-order valence-corrected chi connectivity index (χ3v) is 5.17. The topological polar surface area (TPSA) is 51.5 Å². The molecule has 0 saturated heterocycles. The maximum atomic E-state index is 12.9. The number of amides is 1. The van der Waals surface area contributed by atoms with E-state index in [2.05, 4.69) is 5.32 Å². The van der Waals surface area contributed by atoms with Gasteiger partial charge >= 0.3 is 0 Å². The van der Waals surface area contributed by atoms with Crippen LogP contribution in [0.15, 0.2) is 52.9 Å². The third kappa shape index (κ3) is 2.92. The molecule has 0 aliphatic rings. The number of aryl methyl sites for hydroxylation is 2. The summed E-state index contributed by atoms with van der Waals surface area (Å²) >= 11 is 6.14. The van der Waals surface area contributed by atoms with Crippen molar-refractivity contribution in [2.24, 2.45) is 0 Å². The molecule has 1 aromatic heterocycles. The highest BCUT2D eigenvalue weighted by molar-refractivity contribution is 6.31. The number of ether oxygens (including phenoxy) is 1. The molecular formula is C22H18ClNO3. The van der Waals surface area contributed by atoms with Gasteiger partial charge in [0, 0.05) is 27.4 Å². The van der Waals surface area contributed by atoms with E-state index in [0.29, 0.717) is 16.5 Å². The highest BCUT2D eigenvalue weighted by Gasteiger charge is 2.20. The lowest BCUT2D eigenvalue weighted by Crippen LogP contribution is -2.13. The van der Waals surface area contributed by atoms with Gasteiger partial charge in [-0.25, -0.2) is 0 Å². The zero-order valence-electron chi connectivity index (χ0n) is 15.2. The molecule has 1 heterocycles. The number of nitrogens with one attached hydrogen (secondary N) is 1. The van der Waals surface area contributed by atoms with Gasteiger partial charge in [-0.2, -0.15) is 0 Å². The molecule has 4 rings (SSSR count). The van der Waals surface area contributed by atoms with E-state index in [1.807, 2.05) is 50.2 Å². The van der Waals surface area contributed by atoms with Crippen molar-refractivity contribution >= 4 is 44.9 Å². The van der Waals surface area contributed by atoms with Crippen LogP contribution in [0, 0.1) is 13.8 Å². The van der Waals surface area contributed by atoms with Crippen LogP contribution in [0.5, 0.6) is 5.75 Å². The van der Waals surface area contributed by atoms with Crippen molar-refractivity contribution in [2.45, 2.75) is 13.8 Å². The van der Waals surface area contributed by atoms with E-state index in [9.17, 15) is 4.79 Å². The van der Waals surface area contributed by atoms with Crippen LogP contribution in [-0.4, -0.2) is 13.0 Å². The van der Waals surface area contributed by atoms with Gasteiger partial charge < -0.3 is 14.5 Å². The van der Waals surface area contributed by atoms with Crippen LogP contribution >= 0.6 is 11.6 Å². The average molecular weight is 380 g/mol. The molecule has 3 aromatic carbocycles. The monoisotopic (exact) mass is 379 g/mol. The van der Waals surface area contributed by atoms with Gasteiger partial charge in [0.2, 0.25) is 0 Å². The number of methoxy groups -OCH3 is 1. The Morgan fingerprint density at radius 1 is 1.07 bits per heavy atom. The summed E-state index contributed by atoms with van der Waals surface area (Å²) in [5.41, 5.74) is 2.92. The van der Waals surface area contributed by atoms with E-state index in [1.165, 1.54) is 7.11 Å². The summed E-state index contributed by atoms with van der Waals surface area (Å²) < 4.78 is 11.3. The molecule has 4 nitrogen and oxygen atoms in total. The van der Waals surface area contributed by atoms with Crippen LogP contribution in [0.2, 0.25) is 5.02 Å². The number of fused-ring (bicyclic) bond motifs is 3. The van der Waals surface area contributed by atoms with Crippen LogP contribution in [0.25, 0.3) is 21.7 Å². The number of halogens is 1. The van der Waals surface area contributed by atoms with Gasteiger partial charge in [0.25, 0.3) is 5.91 Å². The summed E-state index contributed by atoms with van der Waals surface area (Å²) in [6.07, 6.45) is 0. The smallest absolute Gasteiger partial charge is 0.291 e. The SMILES string of the molecule is COc1cc(Cl)c(C)cc1NC(=O)c1oc2c(ccc3ccccc32)c1C. The van der Waals surface area contributed by atoms with E-state index in [1.54, 1.807) is 12.1 Å². The van der Waals surface area contributed by atoms with E-state index in [4.69, 9.17) is 20.8 Å². The minimum Gasteiger partial charge on any atom is -0.495 e. The molecule has 0 fully saturated rings. The molecule has 0 aliphatic carbocycles. The number of carbonyl (C=O) groups excluding carboxylic acids is 1. The summed E-state index contributed by atoms with van der Waals surface area (Å²) in [5.74, 6) is 0.460. The molecule has 0 radical (unpaired) electrons. The molecule has 1 N–H and O–H groups in total. The van der Waals surface area contributed by atoms with Gasteiger partial charge in [-0.3, -0.25) is 4.79 Å². The number of furan rings is 1. The van der Waals surface area contributed by atoms with Crippen LogP contribution in [0.4, 0.5) is 5.69 Å². The Bertz CT molecular complexity index is 1190. The molecule has 0 unspecified atom stereocenters. The molecule has 0 atom stereocenters. The summed E-state index contributed by atoms with van der Waals surface area (Å²) in [6, 6.07) is 15.4. The molecule has 136 valence electrons. The van der Waals surface area contributed by atoms with Crippen molar-refractivity contribution in [1.29, 1.82) is 0 Å². The van der Waals surface area contributed by atoms with Gasteiger partial charge in [-0.15, -0.1) is 0 Å². The van der Waals surface area contributed by atoms with Crippen LogP contribution in [0.3, 0.4) is 0 Å². The van der Waals surface area contributed by atoms with Crippen molar-refractivity contribution in [3.63, 3.8) is 0 Å². The quantitative estimate of drug-likeness (QED) is 0.466. The Morgan fingerprint density at radius 2 is 1.85 bits per heavy atom. The van der Waals surface area contributed by atoms with Crippen LogP contribution in [-0.2, 0) is 0 Å². The molecule has 0 aliphatic heterocycles. The summed E-state index contributed by atoms with van der Waals surface area (Å²) in [6.45, 7) is 3.76. The van der Waals surface area contributed by atoms with Crippen molar-refractivity contribution in [3.05, 3.63) is 70.4 Å². The fourth-order valence-corrected chi connectivity index (χ4v) is 3.43. The zero-order chi connectivity index (χ0) is 19.1. The van der Waals surface area contributed by atoms with Gasteiger partial charge in [0.1, 0.15) is 11.3 Å². The van der Waals surface area contributed by atoms with Gasteiger partial charge in [0.05, 0.1) is 12.8 Å². The second-order valence-electron chi connectivity index (χ2n) is 6.48. The minimum absolute atomic E-state index is 0.288. The van der Waals surface area contributed by atoms with Crippen molar-refractivity contribution in [3.8, 4) is 5.75 Å². The Labute approximate surface area is 161 Å². The van der Waals surface area contributed by atoms with Gasteiger partial charge in [0.15, 0.2) is 5.76 Å². The van der Waals surface area contributed by atoms with Crippen molar-refractivity contribution in [1.82, 2.24) is 0 Å². The largest absolute Gasteiger partial charge is 0.495 e. The molecule has 5 heteroatoms. The predicted octanol–water partition coefficient (Wildman–Crippen LogP) is 6.12. The Kier molecular flexibility index (Phi) is 4.28. The maximum absolute atomic E-state index is 12.9. The number of hydrogen-bond donors (Lipinski definition) is 1. The normalized spacial score (nSPS) is 11.1. The lowest BCUT2D eigenvalue weighted by Gasteiger charge is -2.11. The number of rotatable bonds is 3. The molecule has 0 spiro atoms. The van der Waals surface area contributed by atoms with Gasteiger partial charge in [-0.1, -0.05) is 48.0 Å². The summed E-state index contributed by atoms with van der Waals surface area (Å²) in [4.78, 5) is 12.9. The molecule has 0 saturated carbocycles. The Balaban J connectivity index is 1.79. The number of carbonyl (C=O) groups is 1. The van der Waals surface area contributed by atoms with E-state index >= 15 is 0 Å². The molecule has 1 amide bonds. The second kappa shape index (κ2) is 6.63. The highest BCUT2D eigenvalue weighted by Crippen LogP contribution is 2.34. The molecule has 27 heavy (non-hydrogen) atoms. The number of anilines is 1. The summed E-state index contributed by atoms with van der Waals surface area (Å²) in [7, 11) is 1.54. The average Bonchev–Trinajstić information content (AvgIpc) is 3.02. The maximum Gasteiger partial charge on any atom is 0.291 e. The number of benzene rings is 3. The Hall–Kier alpha value is -2.98. The summed E-state index contributed by atoms with van der Waals surface area (Å²) in [5, 5.41) is 6.44. The lowest BCUT2D eigenvalue weighted by molar-refractivity contribution is 0.0997. The highest BCUT2D eigenvalue weighted by atomic mass is 35.5. The van der Waals surface area contributed by atoms with Crippen LogP contribution in [0.1, 0.15) is 21.7 Å². The number of hydrogen-bond acceptors (Lipinski definition) is 3. The van der Waals surface area contributed by atoms with Crippen LogP contribution < -0.4 is 10.1 Å². The first-order valence-electron chi connectivity index (χ1n) is 8.56. The zero-order valence-corrected chi connectivity index (χ0v) is 16.0. The van der Waals surface area contributed by atoms with Crippen molar-refractivity contribution in [2.75, 3.05) is 12.4 Å². The Morgan fingerprint density at radius 3 is 2.63 bits per heavy atom. The predicted molar refractivity (Wildman–Crippen MR) is 109 cm³/mol. The first-order valence-corrected chi connectivity index (χ1v) is 8.93. The van der Waals surface area contributed by atoms with Gasteiger partial charge in [-0.05, 0) is 30.9 Å². The van der Waals surface area contributed by atoms with Crippen molar-refractivity contribution < 1.29 is 13.9 Å². The van der Waals surface area contributed by atoms with E-state index < -0.39 is 0 Å². The molecule has 4 aromatic rings. The first-order chi connectivity index (χ1) is 13.0. The van der Waals surface area contributed by atoms with E-state index in [-0.39, 0.29) is 11.7 Å². The third-order valence-electron chi connectivity index (χ3n) is 4.76. The second-order valence-corrected chi connectivity index (χ2v) is 6.88. The molecular weight excluding hydrogens is 362 g/mol. The standard InChI is InChI=1S/C22H18ClNO3/c1-12-10-18(19(26-3)11-17(12)23)24-22(25)20-13(2)15-9-8-14-6-4-5-7-16(14)21(15)27-20/h4-11H,1-3H3,(H,24,25). The minimum atomic E-state index is -0.326. The fourth-order valence-electron chi connectivity index (χ4n) is 3.27. The lowest BCUT2D eigenvalue weighted by atomic mass is 10.1. The fraction of sp³-hybridized carbons (Fsp3) is 0.136. The molecule has 0 bridgehead atoms.